The van der Waals surface area contributed by atoms with Gasteiger partial charge in [0, 0.05) is 17.6 Å². The van der Waals surface area contributed by atoms with Gasteiger partial charge in [-0.15, -0.1) is 0 Å². The van der Waals surface area contributed by atoms with Gasteiger partial charge in [-0.1, -0.05) is 43.2 Å². The molecule has 1 saturated heterocycles. The summed E-state index contributed by atoms with van der Waals surface area (Å²) in [5.41, 5.74) is 0.587. The van der Waals surface area contributed by atoms with Gasteiger partial charge in [0.05, 0.1) is 0 Å². The van der Waals surface area contributed by atoms with Crippen molar-refractivity contribution in [1.29, 1.82) is 0 Å². The Balaban J connectivity index is 1.77. The molecule has 3 rings (SSSR count). The van der Waals surface area contributed by atoms with E-state index in [-0.39, 0.29) is 23.8 Å². The van der Waals surface area contributed by atoms with Crippen LogP contribution in [0.3, 0.4) is 0 Å². The number of hydrogen-bond donors (Lipinski definition) is 2. The molecule has 2 aliphatic rings. The maximum Gasteiger partial charge on any atom is 0.245 e. The third-order valence-corrected chi connectivity index (χ3v) is 4.06. The number of piperazine rings is 1. The highest BCUT2D eigenvalue weighted by atomic mass is 16.2. The Bertz CT molecular complexity index is 486. The van der Waals surface area contributed by atoms with Crippen molar-refractivity contribution in [3.8, 4) is 0 Å². The Morgan fingerprint density at radius 2 is 1.74 bits per heavy atom. The van der Waals surface area contributed by atoms with Gasteiger partial charge in [0.25, 0.3) is 0 Å². The summed E-state index contributed by atoms with van der Waals surface area (Å²) in [6.07, 6.45) is 4.36. The van der Waals surface area contributed by atoms with Gasteiger partial charge in [0.15, 0.2) is 11.8 Å². The zero-order valence-electron chi connectivity index (χ0n) is 10.8. The molecule has 1 amide bonds. The lowest BCUT2D eigenvalue weighted by molar-refractivity contribution is -0.125. The van der Waals surface area contributed by atoms with Crippen molar-refractivity contribution in [2.45, 2.75) is 43.8 Å². The van der Waals surface area contributed by atoms with E-state index in [1.807, 2.05) is 18.2 Å². The summed E-state index contributed by atoms with van der Waals surface area (Å²) in [6, 6.07) is 8.71. The number of amides is 1. The van der Waals surface area contributed by atoms with Crippen LogP contribution in [0.5, 0.6) is 0 Å². The molecule has 1 heterocycles. The largest absolute Gasteiger partial charge is 0.350 e. The van der Waals surface area contributed by atoms with Crippen molar-refractivity contribution in [3.63, 3.8) is 0 Å². The predicted molar refractivity (Wildman–Crippen MR) is 71.9 cm³/mol. The summed E-state index contributed by atoms with van der Waals surface area (Å²) in [6.45, 7) is 0. The fourth-order valence-electron chi connectivity index (χ4n) is 3.02. The van der Waals surface area contributed by atoms with E-state index in [1.165, 1.54) is 0 Å². The minimum atomic E-state index is -0.734. The molecular weight excluding hydrogens is 240 g/mol. The van der Waals surface area contributed by atoms with Gasteiger partial charge >= 0.3 is 0 Å². The minimum absolute atomic E-state index is 0.137. The molecule has 100 valence electrons. The Morgan fingerprint density at radius 3 is 2.47 bits per heavy atom. The molecule has 2 fully saturated rings. The fraction of sp³-hybridized carbons (Fsp3) is 0.467. The molecule has 1 aromatic carbocycles. The second-order valence-electron chi connectivity index (χ2n) is 5.34. The van der Waals surface area contributed by atoms with Gasteiger partial charge in [0.2, 0.25) is 5.91 Å². The first kappa shape index (κ1) is 12.4. The molecule has 1 aliphatic heterocycles. The highest BCUT2D eigenvalue weighted by Gasteiger charge is 2.39. The predicted octanol–water partition coefficient (Wildman–Crippen LogP) is 1.27. The quantitative estimate of drug-likeness (QED) is 0.620. The number of rotatable bonds is 2. The molecule has 4 heteroatoms. The summed E-state index contributed by atoms with van der Waals surface area (Å²) in [7, 11) is 0. The molecular formula is C15H18N2O2. The van der Waals surface area contributed by atoms with Crippen molar-refractivity contribution in [2.24, 2.45) is 0 Å². The first-order valence-electron chi connectivity index (χ1n) is 6.91. The average Bonchev–Trinajstić information content (AvgIpc) is 2.47. The smallest absolute Gasteiger partial charge is 0.245 e. The van der Waals surface area contributed by atoms with E-state index in [9.17, 15) is 9.59 Å². The molecule has 0 bridgehead atoms. The maximum atomic E-state index is 12.4. The molecule has 0 unspecified atom stereocenters. The number of nitrogens with one attached hydrogen (secondary N) is 2. The third kappa shape index (κ3) is 2.40. The van der Waals surface area contributed by atoms with E-state index in [0.717, 1.165) is 25.7 Å². The molecule has 0 spiro atoms. The van der Waals surface area contributed by atoms with Crippen LogP contribution in [-0.2, 0) is 4.79 Å². The highest BCUT2D eigenvalue weighted by Crippen LogP contribution is 2.22. The van der Waals surface area contributed by atoms with Crippen LogP contribution in [-0.4, -0.2) is 29.8 Å². The SMILES string of the molecule is O=C1N[C@@H]2CCCC[C@H]2N[C@H]1C(=O)c1ccccc1. The summed E-state index contributed by atoms with van der Waals surface area (Å²) in [4.78, 5) is 24.4. The molecule has 1 saturated carbocycles. The van der Waals surface area contributed by atoms with Gasteiger partial charge in [0.1, 0.15) is 0 Å². The number of carbonyl (C=O) groups excluding carboxylic acids is 2. The summed E-state index contributed by atoms with van der Waals surface area (Å²) >= 11 is 0. The van der Waals surface area contributed by atoms with E-state index >= 15 is 0 Å². The molecule has 1 aromatic rings. The second-order valence-corrected chi connectivity index (χ2v) is 5.34. The van der Waals surface area contributed by atoms with Gasteiger partial charge in [-0.2, -0.15) is 0 Å². The Morgan fingerprint density at radius 1 is 1.05 bits per heavy atom. The van der Waals surface area contributed by atoms with Crippen LogP contribution in [0, 0.1) is 0 Å². The molecule has 19 heavy (non-hydrogen) atoms. The van der Waals surface area contributed by atoms with Crippen LogP contribution in [0.25, 0.3) is 0 Å². The number of fused-ring (bicyclic) bond motifs is 1. The van der Waals surface area contributed by atoms with E-state index in [0.29, 0.717) is 5.56 Å². The van der Waals surface area contributed by atoms with Crippen LogP contribution in [0.4, 0.5) is 0 Å². The summed E-state index contributed by atoms with van der Waals surface area (Å²) in [5.74, 6) is -0.320. The molecule has 0 aromatic heterocycles. The molecule has 0 radical (unpaired) electrons. The van der Waals surface area contributed by atoms with E-state index in [2.05, 4.69) is 10.6 Å². The zero-order valence-corrected chi connectivity index (χ0v) is 10.8. The van der Waals surface area contributed by atoms with Crippen LogP contribution < -0.4 is 10.6 Å². The normalized spacial score (nSPS) is 30.3. The number of benzene rings is 1. The lowest BCUT2D eigenvalue weighted by Crippen LogP contribution is -2.66. The van der Waals surface area contributed by atoms with Crippen molar-refractivity contribution < 1.29 is 9.59 Å². The minimum Gasteiger partial charge on any atom is -0.350 e. The Labute approximate surface area is 112 Å². The molecule has 1 aliphatic carbocycles. The van der Waals surface area contributed by atoms with Crippen LogP contribution >= 0.6 is 0 Å². The first-order valence-corrected chi connectivity index (χ1v) is 6.91. The third-order valence-electron chi connectivity index (χ3n) is 4.06. The standard InChI is InChI=1S/C15H18N2O2/c18-14(10-6-2-1-3-7-10)13-15(19)17-12-9-5-4-8-11(12)16-13/h1-3,6-7,11-13,16H,4-5,8-9H2,(H,17,19)/t11-,12-,13+/m1/s1. The fourth-order valence-corrected chi connectivity index (χ4v) is 3.02. The number of Topliss-reactive ketones (excluding diaryl/α,β-unsaturated/α-hetero) is 1. The highest BCUT2D eigenvalue weighted by molar-refractivity contribution is 6.13. The van der Waals surface area contributed by atoms with E-state index in [1.54, 1.807) is 12.1 Å². The van der Waals surface area contributed by atoms with Gasteiger partial charge in [-0.05, 0) is 12.8 Å². The van der Waals surface area contributed by atoms with Crippen molar-refractivity contribution >= 4 is 11.7 Å². The summed E-state index contributed by atoms with van der Waals surface area (Å²) < 4.78 is 0. The lowest BCUT2D eigenvalue weighted by atomic mass is 9.86. The monoisotopic (exact) mass is 258 g/mol. The summed E-state index contributed by atoms with van der Waals surface area (Å²) in [5, 5.41) is 6.24. The van der Waals surface area contributed by atoms with Crippen LogP contribution in [0.15, 0.2) is 30.3 Å². The van der Waals surface area contributed by atoms with Crippen molar-refractivity contribution in [2.75, 3.05) is 0 Å². The average molecular weight is 258 g/mol. The van der Waals surface area contributed by atoms with E-state index in [4.69, 9.17) is 0 Å². The van der Waals surface area contributed by atoms with Crippen molar-refractivity contribution in [1.82, 2.24) is 10.6 Å². The van der Waals surface area contributed by atoms with Gasteiger partial charge in [-0.25, -0.2) is 0 Å². The molecule has 2 N–H and O–H groups in total. The van der Waals surface area contributed by atoms with Gasteiger partial charge in [-0.3, -0.25) is 14.9 Å². The Hall–Kier alpha value is -1.68. The first-order chi connectivity index (χ1) is 9.25. The van der Waals surface area contributed by atoms with Gasteiger partial charge < -0.3 is 5.32 Å². The van der Waals surface area contributed by atoms with E-state index < -0.39 is 6.04 Å². The molecule has 4 nitrogen and oxygen atoms in total. The Kier molecular flexibility index (Phi) is 3.34. The topological polar surface area (TPSA) is 58.2 Å². The van der Waals surface area contributed by atoms with Crippen LogP contribution in [0.2, 0.25) is 0 Å². The second kappa shape index (κ2) is 5.13. The lowest BCUT2D eigenvalue weighted by Gasteiger charge is -2.40. The van der Waals surface area contributed by atoms with Crippen molar-refractivity contribution in [3.05, 3.63) is 35.9 Å². The zero-order chi connectivity index (χ0) is 13.2. The molecule has 3 atom stereocenters. The number of ketones is 1. The number of carbonyl (C=O) groups is 2. The maximum absolute atomic E-state index is 12.4. The number of hydrogen-bond acceptors (Lipinski definition) is 3. The van der Waals surface area contributed by atoms with Crippen LogP contribution in [0.1, 0.15) is 36.0 Å².